The zero-order valence-electron chi connectivity index (χ0n) is 15.7. The minimum Gasteiger partial charge on any atom is -0.444 e. The fraction of sp³-hybridized carbons (Fsp3) is 0.611. The van der Waals surface area contributed by atoms with E-state index in [0.29, 0.717) is 25.3 Å². The molecule has 8 heteroatoms. The van der Waals surface area contributed by atoms with E-state index >= 15 is 0 Å². The number of rotatable bonds is 4. The van der Waals surface area contributed by atoms with Crippen molar-refractivity contribution in [3.8, 4) is 0 Å². The predicted molar refractivity (Wildman–Crippen MR) is 97.0 cm³/mol. The molecule has 1 fully saturated rings. The first kappa shape index (κ1) is 19.9. The highest BCUT2D eigenvalue weighted by Gasteiger charge is 2.29. The second kappa shape index (κ2) is 7.88. The van der Waals surface area contributed by atoms with Crippen LogP contribution in [-0.4, -0.2) is 36.3 Å². The molecule has 0 saturated carbocycles. The Bertz CT molecular complexity index is 688. The van der Waals surface area contributed by atoms with Crippen LogP contribution in [0.2, 0.25) is 0 Å². The van der Waals surface area contributed by atoms with Crippen molar-refractivity contribution in [2.24, 2.45) is 5.92 Å². The van der Waals surface area contributed by atoms with E-state index in [2.05, 4.69) is 5.32 Å². The number of piperidine rings is 1. The Balaban J connectivity index is 2.08. The number of anilines is 1. The lowest BCUT2D eigenvalue weighted by atomic mass is 9.96. The number of hydrogen-bond acceptors (Lipinski definition) is 5. The highest BCUT2D eigenvalue weighted by atomic mass is 19.1. The molecule has 1 aromatic carbocycles. The molecule has 1 heterocycles. The van der Waals surface area contributed by atoms with E-state index in [1.807, 2.05) is 4.90 Å². The molecule has 0 radical (unpaired) electrons. The summed E-state index contributed by atoms with van der Waals surface area (Å²) in [6.07, 6.45) is 1.21. The van der Waals surface area contributed by atoms with E-state index in [1.54, 1.807) is 27.7 Å². The Morgan fingerprint density at radius 1 is 1.46 bits per heavy atom. The zero-order valence-corrected chi connectivity index (χ0v) is 15.7. The number of nitrogens with zero attached hydrogens (tertiary/aromatic N) is 2. The van der Waals surface area contributed by atoms with E-state index < -0.39 is 22.4 Å². The number of nitro benzene ring substituents is 1. The lowest BCUT2D eigenvalue weighted by molar-refractivity contribution is -0.384. The maximum absolute atomic E-state index is 14.0. The number of alkyl carbamates (subject to hydrolysis) is 1. The van der Waals surface area contributed by atoms with Crippen LogP contribution in [-0.2, 0) is 4.74 Å². The summed E-state index contributed by atoms with van der Waals surface area (Å²) in [6.45, 7) is 8.48. The number of nitro groups is 1. The van der Waals surface area contributed by atoms with Crippen molar-refractivity contribution in [2.45, 2.75) is 46.1 Å². The summed E-state index contributed by atoms with van der Waals surface area (Å²) in [4.78, 5) is 24.5. The second-order valence-corrected chi connectivity index (χ2v) is 7.63. The molecule has 1 aliphatic rings. The Kier molecular flexibility index (Phi) is 6.05. The number of ether oxygens (including phenoxy) is 1. The van der Waals surface area contributed by atoms with Crippen molar-refractivity contribution < 1.29 is 18.8 Å². The molecule has 0 unspecified atom stereocenters. The van der Waals surface area contributed by atoms with Gasteiger partial charge in [-0.15, -0.1) is 0 Å². The molecule has 1 aromatic rings. The Hall–Kier alpha value is -2.38. The lowest BCUT2D eigenvalue weighted by Gasteiger charge is -2.35. The number of benzene rings is 1. The lowest BCUT2D eigenvalue weighted by Crippen LogP contribution is -2.42. The molecule has 1 aliphatic heterocycles. The van der Waals surface area contributed by atoms with Crippen LogP contribution in [0.5, 0.6) is 0 Å². The fourth-order valence-electron chi connectivity index (χ4n) is 3.18. The topological polar surface area (TPSA) is 84.7 Å². The highest BCUT2D eigenvalue weighted by molar-refractivity contribution is 5.69. The second-order valence-electron chi connectivity index (χ2n) is 7.63. The number of carbonyl (C=O) groups excluding carboxylic acids is 1. The van der Waals surface area contributed by atoms with Gasteiger partial charge in [0.25, 0.3) is 5.69 Å². The van der Waals surface area contributed by atoms with Crippen LogP contribution in [0.25, 0.3) is 0 Å². The molecule has 0 aromatic heterocycles. The highest BCUT2D eigenvalue weighted by Crippen LogP contribution is 2.35. The van der Waals surface area contributed by atoms with Crippen LogP contribution < -0.4 is 10.2 Å². The maximum atomic E-state index is 14.0. The normalized spacial score (nSPS) is 17.7. The molecule has 144 valence electrons. The van der Waals surface area contributed by atoms with Crippen LogP contribution in [0.1, 0.15) is 39.2 Å². The first-order chi connectivity index (χ1) is 12.1. The molecule has 1 N–H and O–H groups in total. The molecule has 7 nitrogen and oxygen atoms in total. The third-order valence-electron chi connectivity index (χ3n) is 4.31. The number of halogens is 1. The van der Waals surface area contributed by atoms with Gasteiger partial charge in [0.2, 0.25) is 0 Å². The molecule has 0 bridgehead atoms. The number of nitrogens with one attached hydrogen (secondary N) is 1. The Labute approximate surface area is 152 Å². The third kappa shape index (κ3) is 5.06. The summed E-state index contributed by atoms with van der Waals surface area (Å²) >= 11 is 0. The van der Waals surface area contributed by atoms with Gasteiger partial charge in [-0.05, 0) is 52.5 Å². The molecule has 1 atom stereocenters. The van der Waals surface area contributed by atoms with Crippen molar-refractivity contribution in [3.63, 3.8) is 0 Å². The van der Waals surface area contributed by atoms with E-state index in [1.165, 1.54) is 6.07 Å². The Morgan fingerprint density at radius 3 is 2.77 bits per heavy atom. The van der Waals surface area contributed by atoms with Gasteiger partial charge < -0.3 is 15.0 Å². The summed E-state index contributed by atoms with van der Waals surface area (Å²) in [5.74, 6) is -0.349. The van der Waals surface area contributed by atoms with E-state index in [0.717, 1.165) is 18.9 Å². The van der Waals surface area contributed by atoms with Gasteiger partial charge in [-0.3, -0.25) is 10.1 Å². The largest absolute Gasteiger partial charge is 0.444 e. The van der Waals surface area contributed by atoms with E-state index in [9.17, 15) is 19.3 Å². The summed E-state index contributed by atoms with van der Waals surface area (Å²) in [6, 6.07) is 2.34. The minimum atomic E-state index is -0.567. The number of amides is 1. The molecule has 26 heavy (non-hydrogen) atoms. The molecule has 0 spiro atoms. The van der Waals surface area contributed by atoms with Gasteiger partial charge in [0, 0.05) is 31.3 Å². The van der Waals surface area contributed by atoms with Gasteiger partial charge in [0.1, 0.15) is 17.1 Å². The van der Waals surface area contributed by atoms with Crippen molar-refractivity contribution in [1.82, 2.24) is 5.32 Å². The van der Waals surface area contributed by atoms with Gasteiger partial charge in [0.05, 0.1) is 4.92 Å². The van der Waals surface area contributed by atoms with E-state index in [4.69, 9.17) is 4.74 Å². The van der Waals surface area contributed by atoms with E-state index in [-0.39, 0.29) is 17.2 Å². The monoisotopic (exact) mass is 367 g/mol. The predicted octanol–water partition coefficient (Wildman–Crippen LogP) is 3.78. The molecule has 1 amide bonds. The van der Waals surface area contributed by atoms with Crippen LogP contribution in [0, 0.1) is 28.8 Å². The van der Waals surface area contributed by atoms with Crippen LogP contribution in [0.4, 0.5) is 20.6 Å². The summed E-state index contributed by atoms with van der Waals surface area (Å²) in [5.41, 5.74) is -0.0521. The van der Waals surface area contributed by atoms with Crippen molar-refractivity contribution in [2.75, 3.05) is 24.5 Å². The van der Waals surface area contributed by atoms with Gasteiger partial charge in [-0.2, -0.15) is 0 Å². The van der Waals surface area contributed by atoms with Crippen molar-refractivity contribution in [3.05, 3.63) is 33.6 Å². The third-order valence-corrected chi connectivity index (χ3v) is 4.31. The maximum Gasteiger partial charge on any atom is 0.407 e. The SMILES string of the molecule is Cc1c(F)ccc([N+](=O)[O-])c1N1CCC[C@@H](CNC(=O)OC(C)(C)C)C1. The fourth-order valence-corrected chi connectivity index (χ4v) is 3.18. The van der Waals surface area contributed by atoms with Crippen LogP contribution >= 0.6 is 0 Å². The van der Waals surface area contributed by atoms with Gasteiger partial charge in [0.15, 0.2) is 0 Å². The smallest absolute Gasteiger partial charge is 0.407 e. The first-order valence-electron chi connectivity index (χ1n) is 8.74. The molecule has 2 rings (SSSR count). The zero-order chi connectivity index (χ0) is 19.5. The van der Waals surface area contributed by atoms with Crippen molar-refractivity contribution in [1.29, 1.82) is 0 Å². The van der Waals surface area contributed by atoms with Crippen LogP contribution in [0.3, 0.4) is 0 Å². The van der Waals surface area contributed by atoms with Crippen molar-refractivity contribution >= 4 is 17.5 Å². The van der Waals surface area contributed by atoms with Gasteiger partial charge >= 0.3 is 6.09 Å². The molecular formula is C18H26FN3O4. The quantitative estimate of drug-likeness (QED) is 0.646. The summed E-state index contributed by atoms with van der Waals surface area (Å²) < 4.78 is 19.2. The number of carbonyl (C=O) groups is 1. The first-order valence-corrected chi connectivity index (χ1v) is 8.74. The summed E-state index contributed by atoms with van der Waals surface area (Å²) in [7, 11) is 0. The standard InChI is InChI=1S/C18H26FN3O4/c1-12-14(19)7-8-15(22(24)25)16(12)21-9-5-6-13(11-21)10-20-17(23)26-18(2,3)4/h7-8,13H,5-6,9-11H2,1-4H3,(H,20,23)/t13-/m0/s1. The molecular weight excluding hydrogens is 341 g/mol. The molecule has 1 saturated heterocycles. The summed E-state index contributed by atoms with van der Waals surface area (Å²) in [5, 5.41) is 14.1. The van der Waals surface area contributed by atoms with Gasteiger partial charge in [-0.1, -0.05) is 0 Å². The average Bonchev–Trinajstić information content (AvgIpc) is 2.53. The minimum absolute atomic E-state index is 0.0929. The molecule has 0 aliphatic carbocycles. The number of hydrogen-bond donors (Lipinski definition) is 1. The average molecular weight is 367 g/mol. The van der Waals surface area contributed by atoms with Crippen LogP contribution in [0.15, 0.2) is 12.1 Å². The Morgan fingerprint density at radius 2 is 2.15 bits per heavy atom. The van der Waals surface area contributed by atoms with Gasteiger partial charge in [-0.25, -0.2) is 9.18 Å².